The molecule has 40 heavy (non-hydrogen) atoms. The van der Waals surface area contributed by atoms with Gasteiger partial charge in [-0.25, -0.2) is 0 Å². The Morgan fingerprint density at radius 2 is 1.90 bits per heavy atom. The molecule has 0 spiro atoms. The van der Waals surface area contributed by atoms with Crippen LogP contribution in [0.25, 0.3) is 0 Å². The lowest BCUT2D eigenvalue weighted by Gasteiger charge is -2.38. The van der Waals surface area contributed by atoms with Gasteiger partial charge in [0.25, 0.3) is 17.4 Å². The van der Waals surface area contributed by atoms with Crippen molar-refractivity contribution in [3.05, 3.63) is 117 Å². The van der Waals surface area contributed by atoms with Crippen molar-refractivity contribution in [2.75, 3.05) is 19.7 Å². The van der Waals surface area contributed by atoms with E-state index in [0.717, 1.165) is 16.7 Å². The fraction of sp³-hybridized carbons (Fsp3) is 0.226. The molecule has 0 radical (unpaired) electrons. The van der Waals surface area contributed by atoms with Gasteiger partial charge in [0.2, 0.25) is 0 Å². The van der Waals surface area contributed by atoms with Crippen LogP contribution in [0.5, 0.6) is 17.2 Å². The summed E-state index contributed by atoms with van der Waals surface area (Å²) in [5.74, 6) is 1.31. The Morgan fingerprint density at radius 3 is 2.77 bits per heavy atom. The normalized spacial score (nSPS) is 16.7. The van der Waals surface area contributed by atoms with Gasteiger partial charge in [-0.3, -0.25) is 19.4 Å². The zero-order chi connectivity index (χ0) is 27.6. The lowest BCUT2D eigenvalue weighted by atomic mass is 9.87. The maximum Gasteiger partial charge on any atom is 0.254 e. The summed E-state index contributed by atoms with van der Waals surface area (Å²) < 4.78 is 13.6. The average Bonchev–Trinajstić information content (AvgIpc) is 2.97. The highest BCUT2D eigenvalue weighted by atomic mass is 16.5. The third-order valence-electron chi connectivity index (χ3n) is 7.22. The van der Waals surface area contributed by atoms with E-state index in [9.17, 15) is 14.4 Å². The second kappa shape index (κ2) is 10.7. The third-order valence-corrected chi connectivity index (χ3v) is 7.22. The van der Waals surface area contributed by atoms with Gasteiger partial charge in [-0.1, -0.05) is 18.2 Å². The zero-order valence-electron chi connectivity index (χ0n) is 22.0. The molecule has 2 aromatic heterocycles. The van der Waals surface area contributed by atoms with Gasteiger partial charge in [0.15, 0.2) is 0 Å². The molecule has 1 N–H and O–H groups in total. The number of carbonyl (C=O) groups is 2. The Hall–Kier alpha value is -4.92. The van der Waals surface area contributed by atoms with E-state index >= 15 is 0 Å². The van der Waals surface area contributed by atoms with Crippen molar-refractivity contribution in [1.82, 2.24) is 19.8 Å². The molecule has 0 aliphatic carbocycles. The third kappa shape index (κ3) is 5.05. The summed E-state index contributed by atoms with van der Waals surface area (Å²) in [6.07, 6.45) is 5.91. The molecule has 3 aliphatic heterocycles. The molecule has 4 aromatic rings. The first-order chi connectivity index (χ1) is 19.5. The fourth-order valence-corrected chi connectivity index (χ4v) is 5.17. The van der Waals surface area contributed by atoms with Crippen molar-refractivity contribution in [2.24, 2.45) is 7.05 Å². The first-order valence-corrected chi connectivity index (χ1v) is 13.2. The first kappa shape index (κ1) is 25.4. The average molecular weight is 537 g/mol. The van der Waals surface area contributed by atoms with Crippen LogP contribution >= 0.6 is 0 Å². The lowest BCUT2D eigenvalue weighted by Crippen LogP contribution is -2.41. The Bertz CT molecular complexity index is 1660. The fourth-order valence-electron chi connectivity index (χ4n) is 5.17. The van der Waals surface area contributed by atoms with E-state index in [-0.39, 0.29) is 23.4 Å². The zero-order valence-corrected chi connectivity index (χ0v) is 22.0. The second-order valence-corrected chi connectivity index (χ2v) is 9.92. The highest BCUT2D eigenvalue weighted by molar-refractivity contribution is 5.95. The molecule has 8 bridgehead atoms. The van der Waals surface area contributed by atoms with Crippen LogP contribution in [-0.2, 0) is 13.5 Å². The highest BCUT2D eigenvalue weighted by Crippen LogP contribution is 2.39. The Morgan fingerprint density at radius 1 is 1.00 bits per heavy atom. The molecule has 1 atom stereocenters. The van der Waals surface area contributed by atoms with Gasteiger partial charge in [-0.2, -0.15) is 0 Å². The maximum absolute atomic E-state index is 13.8. The van der Waals surface area contributed by atoms with Crippen molar-refractivity contribution >= 4 is 11.8 Å². The van der Waals surface area contributed by atoms with E-state index in [4.69, 9.17) is 9.47 Å². The van der Waals surface area contributed by atoms with E-state index < -0.39 is 0 Å². The minimum Gasteiger partial charge on any atom is -0.494 e. The number of fused-ring (bicyclic) bond motifs is 6. The van der Waals surface area contributed by atoms with Gasteiger partial charge in [0.05, 0.1) is 24.4 Å². The Labute approximate surface area is 231 Å². The van der Waals surface area contributed by atoms with E-state index in [0.29, 0.717) is 60.9 Å². The number of ether oxygens (including phenoxy) is 2. The molecule has 7 rings (SSSR count). The van der Waals surface area contributed by atoms with Crippen LogP contribution in [0.1, 0.15) is 49.9 Å². The van der Waals surface area contributed by atoms with Crippen LogP contribution in [0.15, 0.2) is 84.0 Å². The van der Waals surface area contributed by atoms with E-state index in [1.807, 2.05) is 47.4 Å². The molecular formula is C31H28N4O5. The summed E-state index contributed by atoms with van der Waals surface area (Å²) in [6, 6.07) is 17.9. The number of hydrogen-bond acceptors (Lipinski definition) is 6. The minimum absolute atomic E-state index is 0.208. The standard InChI is InChI=1S/C31H28N4O5/c1-34-11-8-22(17-28(34)36)31(38)35-12-9-20-14-25-6-7-27(20)29(35)21-4-2-5-24(15-21)39-13-3-10-33-30(37)23-16-26(40-25)19-32-18-23/h2,4-8,11,14-19,29H,3,9-10,12-13H2,1H3,(H,33,37). The number of hydrogen-bond donors (Lipinski definition) is 1. The van der Waals surface area contributed by atoms with Gasteiger partial charge in [-0.05, 0) is 65.9 Å². The van der Waals surface area contributed by atoms with Crippen LogP contribution in [0.4, 0.5) is 0 Å². The lowest BCUT2D eigenvalue weighted by molar-refractivity contribution is 0.0693. The molecule has 3 aliphatic rings. The number of aromatic nitrogens is 2. The summed E-state index contributed by atoms with van der Waals surface area (Å²) in [5.41, 5.74) is 3.45. The van der Waals surface area contributed by atoms with Crippen molar-refractivity contribution in [1.29, 1.82) is 0 Å². The van der Waals surface area contributed by atoms with Crippen LogP contribution in [0, 0.1) is 0 Å². The quantitative estimate of drug-likeness (QED) is 0.396. The monoisotopic (exact) mass is 536 g/mol. The van der Waals surface area contributed by atoms with Gasteiger partial charge in [0, 0.05) is 44.2 Å². The van der Waals surface area contributed by atoms with Crippen LogP contribution in [0.3, 0.4) is 0 Å². The van der Waals surface area contributed by atoms with Crippen molar-refractivity contribution in [2.45, 2.75) is 18.9 Å². The van der Waals surface area contributed by atoms with Gasteiger partial charge < -0.3 is 24.3 Å². The van der Waals surface area contributed by atoms with Crippen molar-refractivity contribution < 1.29 is 19.1 Å². The minimum atomic E-state index is -0.388. The van der Waals surface area contributed by atoms with Gasteiger partial charge in [-0.15, -0.1) is 0 Å². The molecule has 9 nitrogen and oxygen atoms in total. The topological polar surface area (TPSA) is 103 Å². The number of pyridine rings is 2. The van der Waals surface area contributed by atoms with Crippen LogP contribution in [0.2, 0.25) is 0 Å². The summed E-state index contributed by atoms with van der Waals surface area (Å²) in [4.78, 5) is 44.7. The number of nitrogens with zero attached hydrogens (tertiary/aromatic N) is 3. The predicted molar refractivity (Wildman–Crippen MR) is 148 cm³/mol. The molecule has 9 heteroatoms. The summed E-state index contributed by atoms with van der Waals surface area (Å²) in [7, 11) is 1.66. The number of carbonyl (C=O) groups excluding carboxylic acids is 2. The molecular weight excluding hydrogens is 508 g/mol. The molecule has 0 saturated heterocycles. The number of amides is 2. The largest absolute Gasteiger partial charge is 0.494 e. The van der Waals surface area contributed by atoms with Gasteiger partial charge >= 0.3 is 0 Å². The number of rotatable bonds is 1. The smallest absolute Gasteiger partial charge is 0.254 e. The molecule has 0 saturated carbocycles. The predicted octanol–water partition coefficient (Wildman–Crippen LogP) is 3.87. The number of aryl methyl sites for hydroxylation is 1. The molecule has 2 aromatic carbocycles. The first-order valence-electron chi connectivity index (χ1n) is 13.2. The molecule has 202 valence electrons. The molecule has 5 heterocycles. The summed E-state index contributed by atoms with van der Waals surface area (Å²) in [5, 5.41) is 2.89. The highest BCUT2D eigenvalue weighted by Gasteiger charge is 2.33. The Balaban J connectivity index is 1.43. The van der Waals surface area contributed by atoms with Crippen molar-refractivity contribution in [3.63, 3.8) is 0 Å². The van der Waals surface area contributed by atoms with Gasteiger partial charge in [0.1, 0.15) is 17.2 Å². The Kier molecular flexibility index (Phi) is 6.77. The molecule has 1 unspecified atom stereocenters. The molecule has 2 amide bonds. The van der Waals surface area contributed by atoms with E-state index in [1.54, 1.807) is 31.6 Å². The summed E-state index contributed by atoms with van der Waals surface area (Å²) in [6.45, 7) is 1.30. The van der Waals surface area contributed by atoms with E-state index in [1.165, 1.54) is 16.8 Å². The van der Waals surface area contributed by atoms with E-state index in [2.05, 4.69) is 10.3 Å². The SMILES string of the molecule is Cn1ccc(C(=O)N2CCc3cc4ccc3C2c2cccc(c2)OCCCNC(=O)c2cncc(c2)O4)cc1=O. The van der Waals surface area contributed by atoms with Crippen LogP contribution in [-0.4, -0.2) is 46.0 Å². The molecule has 0 fully saturated rings. The summed E-state index contributed by atoms with van der Waals surface area (Å²) >= 11 is 0. The maximum atomic E-state index is 13.8. The number of nitrogens with one attached hydrogen (secondary N) is 1. The second-order valence-electron chi connectivity index (χ2n) is 9.92. The van der Waals surface area contributed by atoms with Crippen molar-refractivity contribution in [3.8, 4) is 17.2 Å². The number of benzene rings is 2. The van der Waals surface area contributed by atoms with Crippen LogP contribution < -0.4 is 20.3 Å².